The number of hydrogen-bond acceptors (Lipinski definition) is 4. The molecule has 0 bridgehead atoms. The van der Waals surface area contributed by atoms with E-state index >= 15 is 0 Å². The van der Waals surface area contributed by atoms with Crippen molar-refractivity contribution in [3.05, 3.63) is 53.6 Å². The Kier molecular flexibility index (Phi) is 7.14. The number of piperidine rings is 1. The predicted molar refractivity (Wildman–Crippen MR) is 114 cm³/mol. The Bertz CT molecular complexity index is 1060. The number of carbonyl (C=O) groups is 1. The van der Waals surface area contributed by atoms with Crippen LogP contribution in [-0.4, -0.2) is 38.3 Å². The van der Waals surface area contributed by atoms with Gasteiger partial charge in [-0.05, 0) is 68.1 Å². The van der Waals surface area contributed by atoms with Gasteiger partial charge in [0.05, 0.1) is 22.8 Å². The molecule has 1 heterocycles. The zero-order valence-corrected chi connectivity index (χ0v) is 18.6. The molecule has 2 aromatic carbocycles. The minimum absolute atomic E-state index is 0.0673. The van der Waals surface area contributed by atoms with Crippen LogP contribution in [0.25, 0.3) is 0 Å². The van der Waals surface area contributed by atoms with Gasteiger partial charge in [0, 0.05) is 18.7 Å². The third-order valence-corrected chi connectivity index (χ3v) is 7.26. The second-order valence-electron chi connectivity index (χ2n) is 7.71. The highest BCUT2D eigenvalue weighted by atomic mass is 32.2. The molecule has 1 saturated heterocycles. The van der Waals surface area contributed by atoms with Crippen LogP contribution in [0.2, 0.25) is 0 Å². The summed E-state index contributed by atoms with van der Waals surface area (Å²) in [6, 6.07) is 8.17. The molecule has 1 amide bonds. The van der Waals surface area contributed by atoms with Crippen molar-refractivity contribution in [2.24, 2.45) is 5.92 Å². The summed E-state index contributed by atoms with van der Waals surface area (Å²) in [5.74, 6) is -0.0988. The maximum Gasteiger partial charge on any atom is 0.416 e. The smallest absolute Gasteiger partial charge is 0.416 e. The Balaban J connectivity index is 1.79. The fourth-order valence-electron chi connectivity index (χ4n) is 3.43. The van der Waals surface area contributed by atoms with Crippen LogP contribution in [0.3, 0.4) is 0 Å². The van der Waals surface area contributed by atoms with Gasteiger partial charge >= 0.3 is 6.18 Å². The molecule has 3 rings (SSSR count). The zero-order valence-electron chi connectivity index (χ0n) is 17.8. The van der Waals surface area contributed by atoms with Crippen LogP contribution in [0.15, 0.2) is 47.4 Å². The molecule has 0 radical (unpaired) electrons. The highest BCUT2D eigenvalue weighted by molar-refractivity contribution is 7.89. The first-order valence-corrected chi connectivity index (χ1v) is 11.7. The lowest BCUT2D eigenvalue weighted by molar-refractivity contribution is -0.137. The number of amides is 1. The Morgan fingerprint density at radius 2 is 1.75 bits per heavy atom. The van der Waals surface area contributed by atoms with E-state index in [9.17, 15) is 26.4 Å². The van der Waals surface area contributed by atoms with E-state index in [1.54, 1.807) is 6.92 Å². The first kappa shape index (κ1) is 24.1. The van der Waals surface area contributed by atoms with E-state index in [0.29, 0.717) is 19.0 Å². The predicted octanol–water partition coefficient (Wildman–Crippen LogP) is 4.78. The van der Waals surface area contributed by atoms with Crippen molar-refractivity contribution in [1.82, 2.24) is 4.31 Å². The molecular weight excluding hydrogens is 445 g/mol. The maximum atomic E-state index is 13.1. The summed E-state index contributed by atoms with van der Waals surface area (Å²) >= 11 is 0. The molecule has 1 N–H and O–H groups in total. The van der Waals surface area contributed by atoms with Crippen molar-refractivity contribution < 1.29 is 31.1 Å². The number of ether oxygens (including phenoxy) is 1. The Morgan fingerprint density at radius 3 is 2.31 bits per heavy atom. The third kappa shape index (κ3) is 5.42. The van der Waals surface area contributed by atoms with Crippen LogP contribution in [0.1, 0.15) is 42.6 Å². The summed E-state index contributed by atoms with van der Waals surface area (Å²) < 4.78 is 71.6. The van der Waals surface area contributed by atoms with Crippen molar-refractivity contribution in [1.29, 1.82) is 0 Å². The molecule has 0 saturated carbocycles. The molecule has 1 aliphatic heterocycles. The SMILES string of the molecule is CCOc1ccc(C(F)(F)F)cc1NC(=O)c1ccc(S(=O)(=O)N2CCC(C)CC2)cc1. The fourth-order valence-corrected chi connectivity index (χ4v) is 4.90. The number of rotatable bonds is 6. The number of nitrogens with one attached hydrogen (secondary N) is 1. The number of nitrogens with zero attached hydrogens (tertiary/aromatic N) is 1. The van der Waals surface area contributed by atoms with Crippen molar-refractivity contribution in [2.45, 2.75) is 37.8 Å². The topological polar surface area (TPSA) is 75.7 Å². The van der Waals surface area contributed by atoms with E-state index in [4.69, 9.17) is 4.74 Å². The maximum absolute atomic E-state index is 13.1. The molecule has 174 valence electrons. The van der Waals surface area contributed by atoms with Gasteiger partial charge in [0.2, 0.25) is 10.0 Å². The number of sulfonamides is 1. The van der Waals surface area contributed by atoms with Crippen LogP contribution in [0, 0.1) is 5.92 Å². The Labute approximate surface area is 185 Å². The van der Waals surface area contributed by atoms with E-state index in [1.165, 1.54) is 28.6 Å². The normalized spacial score (nSPS) is 16.0. The van der Waals surface area contributed by atoms with Crippen LogP contribution in [-0.2, 0) is 16.2 Å². The molecule has 1 aliphatic rings. The third-order valence-electron chi connectivity index (χ3n) is 5.35. The molecule has 6 nitrogen and oxygen atoms in total. The lowest BCUT2D eigenvalue weighted by atomic mass is 10.0. The van der Waals surface area contributed by atoms with Crippen molar-refractivity contribution in [3.63, 3.8) is 0 Å². The van der Waals surface area contributed by atoms with Crippen LogP contribution in [0.5, 0.6) is 5.75 Å². The minimum Gasteiger partial charge on any atom is -0.492 e. The van der Waals surface area contributed by atoms with Crippen LogP contribution >= 0.6 is 0 Å². The van der Waals surface area contributed by atoms with E-state index in [2.05, 4.69) is 12.2 Å². The summed E-state index contributed by atoms with van der Waals surface area (Å²) in [7, 11) is -3.67. The summed E-state index contributed by atoms with van der Waals surface area (Å²) in [6.07, 6.45) is -3.00. The molecule has 1 fully saturated rings. The first-order chi connectivity index (χ1) is 15.0. The molecule has 2 aromatic rings. The average molecular weight is 471 g/mol. The lowest BCUT2D eigenvalue weighted by Crippen LogP contribution is -2.37. The lowest BCUT2D eigenvalue weighted by Gasteiger charge is -2.29. The van der Waals surface area contributed by atoms with Gasteiger partial charge in [-0.15, -0.1) is 0 Å². The number of anilines is 1. The Morgan fingerprint density at radius 1 is 1.12 bits per heavy atom. The molecule has 10 heteroatoms. The van der Waals surface area contributed by atoms with E-state index in [-0.39, 0.29) is 28.5 Å². The monoisotopic (exact) mass is 470 g/mol. The highest BCUT2D eigenvalue weighted by Gasteiger charge is 2.32. The van der Waals surface area contributed by atoms with Crippen molar-refractivity contribution in [2.75, 3.05) is 25.0 Å². The van der Waals surface area contributed by atoms with Gasteiger partial charge in [-0.3, -0.25) is 4.79 Å². The highest BCUT2D eigenvalue weighted by Crippen LogP contribution is 2.35. The summed E-state index contributed by atoms with van der Waals surface area (Å²) in [4.78, 5) is 12.7. The van der Waals surface area contributed by atoms with Crippen LogP contribution in [0.4, 0.5) is 18.9 Å². The van der Waals surface area contributed by atoms with Gasteiger partial charge in [0.1, 0.15) is 5.75 Å². The quantitative estimate of drug-likeness (QED) is 0.660. The summed E-state index contributed by atoms with van der Waals surface area (Å²) in [5.41, 5.74) is -0.935. The molecule has 0 spiro atoms. The van der Waals surface area contributed by atoms with Gasteiger partial charge in [0.25, 0.3) is 5.91 Å². The molecule has 0 unspecified atom stereocenters. The number of benzene rings is 2. The number of halogens is 3. The largest absolute Gasteiger partial charge is 0.492 e. The van der Waals surface area contributed by atoms with Crippen molar-refractivity contribution in [3.8, 4) is 5.75 Å². The fraction of sp³-hybridized carbons (Fsp3) is 0.409. The Hall–Kier alpha value is -2.59. The van der Waals surface area contributed by atoms with Gasteiger partial charge in [-0.25, -0.2) is 8.42 Å². The first-order valence-electron chi connectivity index (χ1n) is 10.3. The average Bonchev–Trinajstić information content (AvgIpc) is 2.74. The molecule has 0 atom stereocenters. The van der Waals surface area contributed by atoms with Crippen LogP contribution < -0.4 is 10.1 Å². The number of hydrogen-bond donors (Lipinski definition) is 1. The van der Waals surface area contributed by atoms with Gasteiger partial charge < -0.3 is 10.1 Å². The van der Waals surface area contributed by atoms with Crippen molar-refractivity contribution >= 4 is 21.6 Å². The van der Waals surface area contributed by atoms with Gasteiger partial charge in [0.15, 0.2) is 0 Å². The molecule has 0 aliphatic carbocycles. The van der Waals surface area contributed by atoms with Gasteiger partial charge in [-0.1, -0.05) is 6.92 Å². The second kappa shape index (κ2) is 9.50. The molecule has 32 heavy (non-hydrogen) atoms. The van der Waals surface area contributed by atoms with E-state index in [0.717, 1.165) is 31.0 Å². The number of alkyl halides is 3. The van der Waals surface area contributed by atoms with E-state index in [1.807, 2.05) is 0 Å². The summed E-state index contributed by atoms with van der Waals surface area (Å²) in [6.45, 7) is 4.85. The number of carbonyl (C=O) groups excluding carboxylic acids is 1. The van der Waals surface area contributed by atoms with E-state index < -0.39 is 27.7 Å². The molecular formula is C22H25F3N2O4S. The molecule has 0 aromatic heterocycles. The zero-order chi connectivity index (χ0) is 23.5. The minimum atomic E-state index is -4.58. The summed E-state index contributed by atoms with van der Waals surface area (Å²) in [5, 5.41) is 2.43. The second-order valence-corrected chi connectivity index (χ2v) is 9.64. The standard InChI is InChI=1S/C22H25F3N2O4S/c1-3-31-20-9-6-17(22(23,24)25)14-19(20)26-21(28)16-4-7-18(8-5-16)32(29,30)27-12-10-15(2)11-13-27/h4-9,14-15H,3,10-13H2,1-2H3,(H,26,28). The van der Waals surface area contributed by atoms with Gasteiger partial charge in [-0.2, -0.15) is 17.5 Å².